The van der Waals surface area contributed by atoms with Gasteiger partial charge in [-0.05, 0) is 50.6 Å². The van der Waals surface area contributed by atoms with Gasteiger partial charge in [0.05, 0.1) is 11.5 Å². The molecule has 0 aliphatic carbocycles. The van der Waals surface area contributed by atoms with E-state index in [1.807, 2.05) is 0 Å². The largest absolute Gasteiger partial charge is 0.387 e. The predicted octanol–water partition coefficient (Wildman–Crippen LogP) is 2.43. The van der Waals surface area contributed by atoms with Gasteiger partial charge in [-0.3, -0.25) is 4.18 Å². The summed E-state index contributed by atoms with van der Waals surface area (Å²) in [7, 11) is -8.44. The average molecular weight is 471 g/mol. The van der Waals surface area contributed by atoms with Gasteiger partial charge in [-0.1, -0.05) is 42.3 Å². The number of aliphatic hydroxyl groups is 2. The highest BCUT2D eigenvalue weighted by molar-refractivity contribution is 7.87. The van der Waals surface area contributed by atoms with Crippen LogP contribution in [-0.4, -0.2) is 45.9 Å². The smallest absolute Gasteiger partial charge is 0.338 e. The Morgan fingerprint density at radius 3 is 1.77 bits per heavy atom. The Hall–Kier alpha value is -2.24. The third kappa shape index (κ3) is 6.88. The standard InChI is InChI=1S/C21H26O8S2/c1-4-5-20(29-31(26,27)18-12-8-16(3)9-13-18)21(23)19(22)14-28-30(24,25)17-10-6-15(2)7-11-17/h5-13,19,21-23H,4,14H2,1-3H3/t19-,21+/m0/s1. The van der Waals surface area contributed by atoms with Gasteiger partial charge in [0.25, 0.3) is 10.1 Å². The molecule has 2 aromatic carbocycles. The second kappa shape index (κ2) is 10.4. The van der Waals surface area contributed by atoms with Gasteiger partial charge in [0, 0.05) is 0 Å². The van der Waals surface area contributed by atoms with Crippen LogP contribution in [0.4, 0.5) is 0 Å². The Morgan fingerprint density at radius 2 is 1.32 bits per heavy atom. The van der Waals surface area contributed by atoms with E-state index >= 15 is 0 Å². The summed E-state index contributed by atoms with van der Waals surface area (Å²) >= 11 is 0. The molecule has 0 heterocycles. The molecule has 0 amide bonds. The summed E-state index contributed by atoms with van der Waals surface area (Å²) in [6.45, 7) is 4.47. The molecule has 0 saturated carbocycles. The molecule has 0 spiro atoms. The zero-order valence-corrected chi connectivity index (χ0v) is 19.1. The maximum atomic E-state index is 12.5. The van der Waals surface area contributed by atoms with E-state index in [1.165, 1.54) is 30.3 Å². The summed E-state index contributed by atoms with van der Waals surface area (Å²) in [6.07, 6.45) is -2.00. The second-order valence-corrected chi connectivity index (χ2v) is 10.1. The van der Waals surface area contributed by atoms with Crippen LogP contribution >= 0.6 is 0 Å². The topological polar surface area (TPSA) is 127 Å². The molecule has 0 aromatic heterocycles. The number of allylic oxidation sites excluding steroid dienone is 1. The van der Waals surface area contributed by atoms with Crippen molar-refractivity contribution >= 4 is 20.2 Å². The Morgan fingerprint density at radius 1 is 0.871 bits per heavy atom. The number of aliphatic hydroxyl groups excluding tert-OH is 2. The number of hydrogen-bond donors (Lipinski definition) is 2. The fourth-order valence-corrected chi connectivity index (χ4v) is 4.41. The first-order chi connectivity index (χ1) is 14.5. The van der Waals surface area contributed by atoms with E-state index in [2.05, 4.69) is 0 Å². The lowest BCUT2D eigenvalue weighted by molar-refractivity contribution is -0.00297. The lowest BCUT2D eigenvalue weighted by atomic mass is 10.1. The molecule has 0 fully saturated rings. The molecule has 2 aromatic rings. The molecule has 0 bridgehead atoms. The minimum absolute atomic E-state index is 0.109. The molecule has 8 nitrogen and oxygen atoms in total. The fourth-order valence-electron chi connectivity index (χ4n) is 2.50. The summed E-state index contributed by atoms with van der Waals surface area (Å²) in [6, 6.07) is 11.8. The molecule has 0 aliphatic rings. The zero-order chi connectivity index (χ0) is 23.2. The van der Waals surface area contributed by atoms with Crippen LogP contribution in [0.15, 0.2) is 70.2 Å². The van der Waals surface area contributed by atoms with Gasteiger partial charge >= 0.3 is 10.1 Å². The first kappa shape index (κ1) is 25.0. The highest BCUT2D eigenvalue weighted by atomic mass is 32.2. The Labute approximate surface area is 183 Å². The van der Waals surface area contributed by atoms with Gasteiger partial charge in [0.2, 0.25) is 0 Å². The fraction of sp³-hybridized carbons (Fsp3) is 0.333. The van der Waals surface area contributed by atoms with Crippen LogP contribution < -0.4 is 0 Å². The third-order valence-corrected chi connectivity index (χ3v) is 6.84. The van der Waals surface area contributed by atoms with Gasteiger partial charge in [-0.25, -0.2) is 0 Å². The molecule has 2 rings (SSSR count). The Kier molecular flexibility index (Phi) is 8.38. The van der Waals surface area contributed by atoms with Crippen LogP contribution in [0.25, 0.3) is 0 Å². The van der Waals surface area contributed by atoms with E-state index in [9.17, 15) is 27.0 Å². The molecule has 0 aliphatic heterocycles. The molecule has 2 atom stereocenters. The zero-order valence-electron chi connectivity index (χ0n) is 17.4. The second-order valence-electron chi connectivity index (χ2n) is 6.93. The van der Waals surface area contributed by atoms with Gasteiger partial charge in [-0.15, -0.1) is 0 Å². The van der Waals surface area contributed by atoms with Crippen LogP contribution in [0, 0.1) is 13.8 Å². The van der Waals surface area contributed by atoms with Crippen molar-refractivity contribution in [2.45, 2.75) is 49.2 Å². The van der Waals surface area contributed by atoms with E-state index < -0.39 is 44.8 Å². The number of rotatable bonds is 10. The van der Waals surface area contributed by atoms with Crippen molar-refractivity contribution in [3.63, 3.8) is 0 Å². The summed E-state index contributed by atoms with van der Waals surface area (Å²) in [4.78, 5) is -0.234. The maximum absolute atomic E-state index is 12.5. The quantitative estimate of drug-likeness (QED) is 0.400. The molecule has 0 saturated heterocycles. The summed E-state index contributed by atoms with van der Waals surface area (Å²) < 4.78 is 59.4. The van der Waals surface area contributed by atoms with E-state index in [1.54, 1.807) is 45.0 Å². The van der Waals surface area contributed by atoms with E-state index in [-0.39, 0.29) is 9.79 Å². The van der Waals surface area contributed by atoms with Crippen molar-refractivity contribution in [1.82, 2.24) is 0 Å². The number of aryl methyl sites for hydroxylation is 2. The van der Waals surface area contributed by atoms with Crippen LogP contribution in [0.2, 0.25) is 0 Å². The molecular formula is C21H26O8S2. The molecular weight excluding hydrogens is 444 g/mol. The maximum Gasteiger partial charge on any atom is 0.338 e. The molecule has 31 heavy (non-hydrogen) atoms. The summed E-state index contributed by atoms with van der Waals surface area (Å²) in [5.41, 5.74) is 1.71. The van der Waals surface area contributed by atoms with Crippen molar-refractivity contribution in [3.05, 3.63) is 71.5 Å². The van der Waals surface area contributed by atoms with Crippen LogP contribution in [0.5, 0.6) is 0 Å². The third-order valence-electron chi connectivity index (χ3n) is 4.28. The van der Waals surface area contributed by atoms with E-state index in [0.29, 0.717) is 6.42 Å². The van der Waals surface area contributed by atoms with Crippen LogP contribution in [0.3, 0.4) is 0 Å². The van der Waals surface area contributed by atoms with Crippen molar-refractivity contribution < 1.29 is 35.4 Å². The van der Waals surface area contributed by atoms with Crippen LogP contribution in [0.1, 0.15) is 24.5 Å². The van der Waals surface area contributed by atoms with Crippen molar-refractivity contribution in [1.29, 1.82) is 0 Å². The number of benzene rings is 2. The lowest BCUT2D eigenvalue weighted by Crippen LogP contribution is -2.34. The van der Waals surface area contributed by atoms with Gasteiger partial charge in [-0.2, -0.15) is 16.8 Å². The molecule has 0 radical (unpaired) electrons. The minimum Gasteiger partial charge on any atom is -0.387 e. The highest BCUT2D eigenvalue weighted by Crippen LogP contribution is 2.21. The minimum atomic E-state index is -4.27. The van der Waals surface area contributed by atoms with E-state index in [0.717, 1.165) is 11.1 Å². The van der Waals surface area contributed by atoms with Crippen molar-refractivity contribution in [2.24, 2.45) is 0 Å². The molecule has 0 unspecified atom stereocenters. The van der Waals surface area contributed by atoms with Gasteiger partial charge in [0.1, 0.15) is 22.9 Å². The highest BCUT2D eigenvalue weighted by Gasteiger charge is 2.29. The van der Waals surface area contributed by atoms with Crippen LogP contribution in [-0.2, 0) is 28.6 Å². The molecule has 10 heteroatoms. The molecule has 2 N–H and O–H groups in total. The van der Waals surface area contributed by atoms with Crippen molar-refractivity contribution in [2.75, 3.05) is 6.61 Å². The normalized spacial score (nSPS) is 14.8. The summed E-state index contributed by atoms with van der Waals surface area (Å²) in [5, 5.41) is 20.6. The van der Waals surface area contributed by atoms with E-state index in [4.69, 9.17) is 8.37 Å². The predicted molar refractivity (Wildman–Crippen MR) is 114 cm³/mol. The molecule has 170 valence electrons. The summed E-state index contributed by atoms with van der Waals surface area (Å²) in [5.74, 6) is -0.424. The Bertz CT molecular complexity index is 1100. The van der Waals surface area contributed by atoms with Gasteiger partial charge < -0.3 is 14.4 Å². The monoisotopic (exact) mass is 470 g/mol. The number of hydrogen-bond acceptors (Lipinski definition) is 8. The first-order valence-corrected chi connectivity index (χ1v) is 12.3. The van der Waals surface area contributed by atoms with Gasteiger partial charge in [0.15, 0.2) is 0 Å². The lowest BCUT2D eigenvalue weighted by Gasteiger charge is -2.21. The first-order valence-electron chi connectivity index (χ1n) is 9.49. The average Bonchev–Trinajstić information content (AvgIpc) is 2.71. The van der Waals surface area contributed by atoms with Crippen molar-refractivity contribution in [3.8, 4) is 0 Å². The SMILES string of the molecule is CCC=C(OS(=O)(=O)c1ccc(C)cc1)[C@H](O)[C@@H](O)COS(=O)(=O)c1ccc(C)cc1. The Balaban J connectivity index is 2.11.